The summed E-state index contributed by atoms with van der Waals surface area (Å²) in [5.74, 6) is 0.432. The molecule has 128 valence electrons. The molecule has 3 aromatic rings. The lowest BCUT2D eigenvalue weighted by molar-refractivity contribution is -0.137. The van der Waals surface area contributed by atoms with Crippen LogP contribution in [0.15, 0.2) is 59.6 Å². The van der Waals surface area contributed by atoms with Gasteiger partial charge in [-0.1, -0.05) is 23.7 Å². The van der Waals surface area contributed by atoms with Crippen LogP contribution >= 0.6 is 23.4 Å². The van der Waals surface area contributed by atoms with Crippen molar-refractivity contribution in [2.75, 3.05) is 6.26 Å². The highest BCUT2D eigenvalue weighted by Crippen LogP contribution is 2.35. The third kappa shape index (κ3) is 3.96. The number of nitrogens with zero attached hydrogens (tertiary/aromatic N) is 2. The second-order valence-electron chi connectivity index (χ2n) is 5.20. The summed E-state index contributed by atoms with van der Waals surface area (Å²) in [6.45, 7) is 0. The topological polar surface area (TPSA) is 25.8 Å². The van der Waals surface area contributed by atoms with Crippen LogP contribution in [0, 0.1) is 0 Å². The SMILES string of the molecule is CSc1cnc(-c2ccc(Cl)cc2)nc1-c1cccc(C(F)(F)F)c1. The van der Waals surface area contributed by atoms with Gasteiger partial charge in [0.05, 0.1) is 16.2 Å². The molecular weight excluding hydrogens is 369 g/mol. The van der Waals surface area contributed by atoms with E-state index in [0.717, 1.165) is 17.7 Å². The Morgan fingerprint density at radius 2 is 1.72 bits per heavy atom. The van der Waals surface area contributed by atoms with E-state index in [0.29, 0.717) is 27.0 Å². The molecule has 0 aliphatic carbocycles. The molecule has 1 heterocycles. The van der Waals surface area contributed by atoms with E-state index < -0.39 is 11.7 Å². The third-order valence-electron chi connectivity index (χ3n) is 3.54. The molecule has 0 spiro atoms. The number of halogens is 4. The largest absolute Gasteiger partial charge is 0.416 e. The average molecular weight is 381 g/mol. The Labute approximate surface area is 152 Å². The number of rotatable bonds is 3. The van der Waals surface area contributed by atoms with E-state index in [1.165, 1.54) is 17.8 Å². The van der Waals surface area contributed by atoms with Gasteiger partial charge in [-0.2, -0.15) is 13.2 Å². The second-order valence-corrected chi connectivity index (χ2v) is 6.48. The fourth-order valence-electron chi connectivity index (χ4n) is 2.31. The molecule has 7 heteroatoms. The van der Waals surface area contributed by atoms with Crippen LogP contribution < -0.4 is 0 Å². The van der Waals surface area contributed by atoms with E-state index in [-0.39, 0.29) is 0 Å². The van der Waals surface area contributed by atoms with Crippen molar-refractivity contribution >= 4 is 23.4 Å². The Bertz CT molecular complexity index is 896. The van der Waals surface area contributed by atoms with Crippen molar-refractivity contribution in [3.05, 3.63) is 65.3 Å². The maximum atomic E-state index is 13.0. The highest BCUT2D eigenvalue weighted by Gasteiger charge is 2.30. The van der Waals surface area contributed by atoms with Crippen molar-refractivity contribution < 1.29 is 13.2 Å². The molecule has 2 nitrogen and oxygen atoms in total. The van der Waals surface area contributed by atoms with Gasteiger partial charge in [0.2, 0.25) is 0 Å². The molecule has 3 rings (SSSR count). The van der Waals surface area contributed by atoms with Crippen LogP contribution in [0.2, 0.25) is 5.02 Å². The fourth-order valence-corrected chi connectivity index (χ4v) is 2.95. The van der Waals surface area contributed by atoms with Gasteiger partial charge < -0.3 is 0 Å². The van der Waals surface area contributed by atoms with Crippen molar-refractivity contribution in [2.24, 2.45) is 0 Å². The molecule has 25 heavy (non-hydrogen) atoms. The average Bonchev–Trinajstić information content (AvgIpc) is 2.61. The lowest BCUT2D eigenvalue weighted by atomic mass is 10.1. The maximum absolute atomic E-state index is 13.0. The van der Waals surface area contributed by atoms with Gasteiger partial charge in [0, 0.05) is 22.3 Å². The third-order valence-corrected chi connectivity index (χ3v) is 4.53. The van der Waals surface area contributed by atoms with Gasteiger partial charge in [-0.3, -0.25) is 0 Å². The summed E-state index contributed by atoms with van der Waals surface area (Å²) >= 11 is 7.27. The van der Waals surface area contributed by atoms with Crippen LogP contribution in [0.5, 0.6) is 0 Å². The van der Waals surface area contributed by atoms with E-state index in [2.05, 4.69) is 9.97 Å². The molecule has 0 radical (unpaired) electrons. The summed E-state index contributed by atoms with van der Waals surface area (Å²) in [7, 11) is 0. The summed E-state index contributed by atoms with van der Waals surface area (Å²) in [6.07, 6.45) is -0.948. The molecule has 0 aliphatic rings. The van der Waals surface area contributed by atoms with Gasteiger partial charge in [0.15, 0.2) is 5.82 Å². The molecule has 0 aliphatic heterocycles. The van der Waals surface area contributed by atoms with Gasteiger partial charge in [-0.25, -0.2) is 9.97 Å². The number of aromatic nitrogens is 2. The molecule has 0 bridgehead atoms. The molecule has 0 fully saturated rings. The standard InChI is InChI=1S/C18H12ClF3N2S/c1-25-15-10-23-17(11-5-7-14(19)8-6-11)24-16(15)12-3-2-4-13(9-12)18(20,21)22/h2-10H,1H3. The Morgan fingerprint density at radius 3 is 2.36 bits per heavy atom. The monoisotopic (exact) mass is 380 g/mol. The zero-order valence-electron chi connectivity index (χ0n) is 13.0. The maximum Gasteiger partial charge on any atom is 0.416 e. The van der Waals surface area contributed by atoms with Crippen LogP contribution in [0.3, 0.4) is 0 Å². The fraction of sp³-hybridized carbons (Fsp3) is 0.111. The van der Waals surface area contributed by atoms with Crippen LogP contribution in [-0.4, -0.2) is 16.2 Å². The molecule has 2 aromatic carbocycles. The first-order chi connectivity index (χ1) is 11.9. The number of thioether (sulfide) groups is 1. The summed E-state index contributed by atoms with van der Waals surface area (Å²) in [5, 5.41) is 0.586. The number of hydrogen-bond donors (Lipinski definition) is 0. The molecule has 0 N–H and O–H groups in total. The Hall–Kier alpha value is -2.05. The van der Waals surface area contributed by atoms with E-state index in [1.54, 1.807) is 36.5 Å². The first kappa shape index (κ1) is 17.8. The highest BCUT2D eigenvalue weighted by molar-refractivity contribution is 7.98. The molecule has 0 saturated heterocycles. The first-order valence-electron chi connectivity index (χ1n) is 7.23. The minimum Gasteiger partial charge on any atom is -0.235 e. The van der Waals surface area contributed by atoms with Gasteiger partial charge in [-0.05, 0) is 42.7 Å². The predicted molar refractivity (Wildman–Crippen MR) is 94.7 cm³/mol. The summed E-state index contributed by atoms with van der Waals surface area (Å²) < 4.78 is 39.0. The van der Waals surface area contributed by atoms with Gasteiger partial charge in [-0.15, -0.1) is 11.8 Å². The van der Waals surface area contributed by atoms with Crippen LogP contribution in [0.4, 0.5) is 13.2 Å². The molecule has 0 unspecified atom stereocenters. The summed E-state index contributed by atoms with van der Waals surface area (Å²) in [4.78, 5) is 9.51. The Morgan fingerprint density at radius 1 is 1.00 bits per heavy atom. The Balaban J connectivity index is 2.12. The lowest BCUT2D eigenvalue weighted by Crippen LogP contribution is -2.05. The number of benzene rings is 2. The van der Waals surface area contributed by atoms with Crippen molar-refractivity contribution in [3.63, 3.8) is 0 Å². The molecular formula is C18H12ClF3N2S. The van der Waals surface area contributed by atoms with E-state index in [1.807, 2.05) is 6.26 Å². The van der Waals surface area contributed by atoms with Gasteiger partial charge in [0.25, 0.3) is 0 Å². The highest BCUT2D eigenvalue weighted by atomic mass is 35.5. The van der Waals surface area contributed by atoms with Crippen LogP contribution in [0.25, 0.3) is 22.6 Å². The number of hydrogen-bond acceptors (Lipinski definition) is 3. The summed E-state index contributed by atoms with van der Waals surface area (Å²) in [5.41, 5.74) is 0.907. The van der Waals surface area contributed by atoms with Gasteiger partial charge in [0.1, 0.15) is 0 Å². The first-order valence-corrected chi connectivity index (χ1v) is 8.83. The van der Waals surface area contributed by atoms with Gasteiger partial charge >= 0.3 is 6.18 Å². The van der Waals surface area contributed by atoms with Crippen molar-refractivity contribution in [1.29, 1.82) is 0 Å². The Kier molecular flexibility index (Phi) is 5.01. The zero-order valence-corrected chi connectivity index (χ0v) is 14.6. The molecule has 0 atom stereocenters. The van der Waals surface area contributed by atoms with E-state index in [4.69, 9.17) is 11.6 Å². The minimum absolute atomic E-state index is 0.400. The molecule has 1 aromatic heterocycles. The van der Waals surface area contributed by atoms with Crippen molar-refractivity contribution in [3.8, 4) is 22.6 Å². The quantitative estimate of drug-likeness (QED) is 0.505. The van der Waals surface area contributed by atoms with E-state index in [9.17, 15) is 13.2 Å². The van der Waals surface area contributed by atoms with Crippen LogP contribution in [-0.2, 0) is 6.18 Å². The summed E-state index contributed by atoms with van der Waals surface area (Å²) in [6, 6.07) is 12.1. The van der Waals surface area contributed by atoms with Crippen molar-refractivity contribution in [1.82, 2.24) is 9.97 Å². The van der Waals surface area contributed by atoms with Crippen molar-refractivity contribution in [2.45, 2.75) is 11.1 Å². The lowest BCUT2D eigenvalue weighted by Gasteiger charge is -2.11. The number of alkyl halides is 3. The smallest absolute Gasteiger partial charge is 0.235 e. The normalized spacial score (nSPS) is 11.6. The van der Waals surface area contributed by atoms with Crippen LogP contribution in [0.1, 0.15) is 5.56 Å². The molecule has 0 amide bonds. The zero-order chi connectivity index (χ0) is 18.0. The minimum atomic E-state index is -4.40. The predicted octanol–water partition coefficient (Wildman–Crippen LogP) is 6.20. The van der Waals surface area contributed by atoms with E-state index >= 15 is 0 Å². The molecule has 0 saturated carbocycles. The second kappa shape index (κ2) is 7.06.